The third-order valence-corrected chi connectivity index (χ3v) is 5.43. The standard InChI is InChI=1S/C24H26N2/c1-18-17-25-15-14-21-10-13-23(16-24(18)21)26(2)22-11-8-20(9-12-22)19-6-4-3-5-7-19/h3-13,16,18,25H,14-15,17H2,1-2H3. The smallest absolute Gasteiger partial charge is 0.0411 e. The lowest BCUT2D eigenvalue weighted by Crippen LogP contribution is -2.18. The molecule has 0 amide bonds. The van der Waals surface area contributed by atoms with Crippen molar-refractivity contribution in [3.8, 4) is 11.1 Å². The molecule has 0 saturated heterocycles. The molecule has 3 aromatic rings. The molecule has 3 aromatic carbocycles. The predicted molar refractivity (Wildman–Crippen MR) is 111 cm³/mol. The van der Waals surface area contributed by atoms with Gasteiger partial charge in [-0.1, -0.05) is 55.5 Å². The first-order chi connectivity index (χ1) is 12.7. The summed E-state index contributed by atoms with van der Waals surface area (Å²) in [4.78, 5) is 2.28. The fraction of sp³-hybridized carbons (Fsp3) is 0.250. The Balaban J connectivity index is 1.61. The summed E-state index contributed by atoms with van der Waals surface area (Å²) in [6, 6.07) is 26.3. The van der Waals surface area contributed by atoms with Gasteiger partial charge in [-0.2, -0.15) is 0 Å². The van der Waals surface area contributed by atoms with Gasteiger partial charge in [0, 0.05) is 25.0 Å². The molecule has 26 heavy (non-hydrogen) atoms. The Bertz CT molecular complexity index is 868. The molecule has 2 nitrogen and oxygen atoms in total. The molecule has 0 aliphatic carbocycles. The van der Waals surface area contributed by atoms with E-state index < -0.39 is 0 Å². The quantitative estimate of drug-likeness (QED) is 0.688. The minimum Gasteiger partial charge on any atom is -0.345 e. The van der Waals surface area contributed by atoms with Gasteiger partial charge < -0.3 is 10.2 Å². The minimum atomic E-state index is 0.557. The summed E-state index contributed by atoms with van der Waals surface area (Å²) < 4.78 is 0. The van der Waals surface area contributed by atoms with Crippen molar-refractivity contribution in [1.29, 1.82) is 0 Å². The van der Waals surface area contributed by atoms with Crippen LogP contribution in [0.2, 0.25) is 0 Å². The molecule has 0 aromatic heterocycles. The van der Waals surface area contributed by atoms with Gasteiger partial charge in [-0.05, 0) is 65.4 Å². The Labute approximate surface area is 156 Å². The van der Waals surface area contributed by atoms with Crippen molar-refractivity contribution in [2.45, 2.75) is 19.3 Å². The van der Waals surface area contributed by atoms with E-state index in [1.165, 1.54) is 33.6 Å². The van der Waals surface area contributed by atoms with Gasteiger partial charge in [-0.3, -0.25) is 0 Å². The molecule has 1 aliphatic heterocycles. The molecular weight excluding hydrogens is 316 g/mol. The van der Waals surface area contributed by atoms with E-state index in [2.05, 4.69) is 97.0 Å². The molecule has 0 saturated carbocycles. The fourth-order valence-corrected chi connectivity index (χ4v) is 3.79. The SMILES string of the molecule is CC1CNCCc2ccc(N(C)c3ccc(-c4ccccc4)cc3)cc21. The lowest BCUT2D eigenvalue weighted by molar-refractivity contribution is 0.644. The summed E-state index contributed by atoms with van der Waals surface area (Å²) in [7, 11) is 2.15. The normalized spacial score (nSPS) is 16.6. The van der Waals surface area contributed by atoms with Gasteiger partial charge in [0.15, 0.2) is 0 Å². The molecule has 1 N–H and O–H groups in total. The van der Waals surface area contributed by atoms with Gasteiger partial charge in [0.1, 0.15) is 0 Å². The number of nitrogens with one attached hydrogen (secondary N) is 1. The van der Waals surface area contributed by atoms with Crippen LogP contribution >= 0.6 is 0 Å². The van der Waals surface area contributed by atoms with E-state index in [1.54, 1.807) is 0 Å². The minimum absolute atomic E-state index is 0.557. The second kappa shape index (κ2) is 7.35. The molecule has 2 heteroatoms. The van der Waals surface area contributed by atoms with E-state index in [1.807, 2.05) is 0 Å². The van der Waals surface area contributed by atoms with Crippen molar-refractivity contribution in [2.75, 3.05) is 25.0 Å². The maximum Gasteiger partial charge on any atom is 0.0411 e. The molecule has 0 bridgehead atoms. The molecule has 4 rings (SSSR count). The first-order valence-electron chi connectivity index (χ1n) is 9.45. The lowest BCUT2D eigenvalue weighted by atomic mass is 9.94. The molecule has 132 valence electrons. The van der Waals surface area contributed by atoms with Crippen LogP contribution < -0.4 is 10.2 Å². The maximum absolute atomic E-state index is 3.53. The van der Waals surface area contributed by atoms with Gasteiger partial charge in [0.2, 0.25) is 0 Å². The van der Waals surface area contributed by atoms with E-state index in [0.29, 0.717) is 5.92 Å². The Morgan fingerprint density at radius 1 is 0.846 bits per heavy atom. The number of nitrogens with zero attached hydrogens (tertiary/aromatic N) is 1. The highest BCUT2D eigenvalue weighted by Gasteiger charge is 2.16. The van der Waals surface area contributed by atoms with Gasteiger partial charge in [-0.15, -0.1) is 0 Å². The van der Waals surface area contributed by atoms with Gasteiger partial charge >= 0.3 is 0 Å². The van der Waals surface area contributed by atoms with Crippen molar-refractivity contribution < 1.29 is 0 Å². The molecule has 1 atom stereocenters. The van der Waals surface area contributed by atoms with Crippen molar-refractivity contribution in [1.82, 2.24) is 5.32 Å². The van der Waals surface area contributed by atoms with E-state index in [-0.39, 0.29) is 0 Å². The highest BCUT2D eigenvalue weighted by molar-refractivity contribution is 5.70. The van der Waals surface area contributed by atoms with E-state index in [4.69, 9.17) is 0 Å². The lowest BCUT2D eigenvalue weighted by Gasteiger charge is -2.23. The number of benzene rings is 3. The molecule has 1 aliphatic rings. The Morgan fingerprint density at radius 3 is 2.31 bits per heavy atom. The van der Waals surface area contributed by atoms with Crippen LogP contribution in [-0.4, -0.2) is 20.1 Å². The average Bonchev–Trinajstić information content (AvgIpc) is 2.89. The average molecular weight is 342 g/mol. The Kier molecular flexibility index (Phi) is 4.77. The van der Waals surface area contributed by atoms with Crippen molar-refractivity contribution >= 4 is 11.4 Å². The highest BCUT2D eigenvalue weighted by Crippen LogP contribution is 2.31. The van der Waals surface area contributed by atoms with Gasteiger partial charge in [0.25, 0.3) is 0 Å². The van der Waals surface area contributed by atoms with Crippen LogP contribution in [0.1, 0.15) is 24.0 Å². The van der Waals surface area contributed by atoms with E-state index in [0.717, 1.165) is 19.5 Å². The molecule has 0 fully saturated rings. The third-order valence-electron chi connectivity index (χ3n) is 5.43. The van der Waals surface area contributed by atoms with Crippen LogP contribution in [0.5, 0.6) is 0 Å². The Hall–Kier alpha value is -2.58. The molecular formula is C24H26N2. The fourth-order valence-electron chi connectivity index (χ4n) is 3.79. The second-order valence-electron chi connectivity index (χ2n) is 7.21. The van der Waals surface area contributed by atoms with Crippen LogP contribution in [0.4, 0.5) is 11.4 Å². The summed E-state index contributed by atoms with van der Waals surface area (Å²) in [6.07, 6.45) is 1.12. The molecule has 0 spiro atoms. The van der Waals surface area contributed by atoms with Crippen LogP contribution in [0.15, 0.2) is 72.8 Å². The summed E-state index contributed by atoms with van der Waals surface area (Å²) in [6.45, 7) is 4.45. The third kappa shape index (κ3) is 3.38. The predicted octanol–water partition coefficient (Wildman–Crippen LogP) is 5.37. The number of hydrogen-bond donors (Lipinski definition) is 1. The first kappa shape index (κ1) is 16.9. The van der Waals surface area contributed by atoms with Gasteiger partial charge in [-0.25, -0.2) is 0 Å². The zero-order valence-electron chi connectivity index (χ0n) is 15.6. The Morgan fingerprint density at radius 2 is 1.54 bits per heavy atom. The van der Waals surface area contributed by atoms with Crippen LogP contribution in [0.3, 0.4) is 0 Å². The summed E-state index contributed by atoms with van der Waals surface area (Å²) in [5.41, 5.74) is 7.95. The van der Waals surface area contributed by atoms with Crippen molar-refractivity contribution in [3.05, 3.63) is 83.9 Å². The summed E-state index contributed by atoms with van der Waals surface area (Å²) in [5, 5.41) is 3.53. The number of rotatable bonds is 3. The second-order valence-corrected chi connectivity index (χ2v) is 7.21. The maximum atomic E-state index is 3.53. The van der Waals surface area contributed by atoms with Crippen LogP contribution in [-0.2, 0) is 6.42 Å². The number of hydrogen-bond acceptors (Lipinski definition) is 2. The summed E-state index contributed by atoms with van der Waals surface area (Å²) in [5.74, 6) is 0.557. The number of anilines is 2. The first-order valence-corrected chi connectivity index (χ1v) is 9.45. The zero-order chi connectivity index (χ0) is 17.9. The van der Waals surface area contributed by atoms with Crippen molar-refractivity contribution in [2.24, 2.45) is 0 Å². The zero-order valence-corrected chi connectivity index (χ0v) is 15.6. The largest absolute Gasteiger partial charge is 0.345 e. The number of fused-ring (bicyclic) bond motifs is 1. The van der Waals surface area contributed by atoms with Crippen LogP contribution in [0, 0.1) is 0 Å². The molecule has 1 heterocycles. The molecule has 0 radical (unpaired) electrons. The van der Waals surface area contributed by atoms with E-state index >= 15 is 0 Å². The monoisotopic (exact) mass is 342 g/mol. The van der Waals surface area contributed by atoms with Gasteiger partial charge in [0.05, 0.1) is 0 Å². The molecule has 1 unspecified atom stereocenters. The topological polar surface area (TPSA) is 15.3 Å². The highest BCUT2D eigenvalue weighted by atomic mass is 15.1. The van der Waals surface area contributed by atoms with Crippen molar-refractivity contribution in [3.63, 3.8) is 0 Å². The summed E-state index contributed by atoms with van der Waals surface area (Å²) >= 11 is 0. The van der Waals surface area contributed by atoms with E-state index in [9.17, 15) is 0 Å². The van der Waals surface area contributed by atoms with Crippen LogP contribution in [0.25, 0.3) is 11.1 Å².